The number of aromatic nitrogens is 1. The molecule has 4 nitrogen and oxygen atoms in total. The Morgan fingerprint density at radius 1 is 1.29 bits per heavy atom. The molecule has 0 unspecified atom stereocenters. The number of nitrogens with zero attached hydrogens (tertiary/aromatic N) is 1. The monoisotopic (exact) mass is 431 g/mol. The zero-order valence-corrected chi connectivity index (χ0v) is 17.1. The molecule has 0 saturated heterocycles. The van der Waals surface area contributed by atoms with Crippen molar-refractivity contribution >= 4 is 72.2 Å². The van der Waals surface area contributed by atoms with Crippen molar-refractivity contribution in [3.8, 4) is 0 Å². The average Bonchev–Trinajstić information content (AvgIpc) is 2.64. The van der Waals surface area contributed by atoms with E-state index in [0.29, 0.717) is 22.0 Å². The molecule has 0 spiro atoms. The van der Waals surface area contributed by atoms with Crippen LogP contribution in [0.3, 0.4) is 0 Å². The Balaban J connectivity index is 0. The number of rotatable bonds is 4. The van der Waals surface area contributed by atoms with Crippen LogP contribution in [-0.4, -0.2) is 70.3 Å². The van der Waals surface area contributed by atoms with E-state index in [9.17, 15) is 9.59 Å². The first-order chi connectivity index (χ1) is 9.40. The Hall–Kier alpha value is -0.499. The number of hydrogen-bond donors (Lipinski definition) is 1. The van der Waals surface area contributed by atoms with Gasteiger partial charge in [-0.05, 0) is 42.8 Å². The zero-order valence-electron chi connectivity index (χ0n) is 13.9. The third-order valence-corrected chi connectivity index (χ3v) is 3.43. The summed E-state index contributed by atoms with van der Waals surface area (Å²) in [5.41, 5.74) is 2.40. The van der Waals surface area contributed by atoms with Crippen molar-refractivity contribution < 1.29 is 17.5 Å². The van der Waals surface area contributed by atoms with Crippen LogP contribution < -0.4 is 0 Å². The second-order valence-electron chi connectivity index (χ2n) is 4.63. The molecule has 1 aromatic carbocycles. The topological polar surface area (TPSA) is 59.3 Å². The smallest absolute Gasteiger partial charge is 1.00 e. The summed E-state index contributed by atoms with van der Waals surface area (Å²) in [7, 11) is 1.70. The molecule has 0 aliphatic carbocycles. The molecular weight excluding hydrogens is 415 g/mol. The van der Waals surface area contributed by atoms with Crippen LogP contribution in [0.5, 0.6) is 0 Å². The van der Waals surface area contributed by atoms with Crippen LogP contribution in [0.15, 0.2) is 30.3 Å². The summed E-state index contributed by atoms with van der Waals surface area (Å²) >= 11 is 5.80. The van der Waals surface area contributed by atoms with E-state index in [0.717, 1.165) is 5.56 Å². The van der Waals surface area contributed by atoms with Crippen molar-refractivity contribution in [2.75, 3.05) is 0 Å². The zero-order chi connectivity index (χ0) is 14.9. The summed E-state index contributed by atoms with van der Waals surface area (Å²) in [6.07, 6.45) is -0.106. The van der Waals surface area contributed by atoms with Gasteiger partial charge in [0.15, 0.2) is 0 Å². The SMILES string of the molecule is Cc1cc(CC(=O)O)n(C)c1C(=O)c1ccc(Cl)cc1.[Ba+2].[H-].[H-]. The third-order valence-electron chi connectivity index (χ3n) is 3.18. The van der Waals surface area contributed by atoms with Crippen LogP contribution >= 0.6 is 11.6 Å². The van der Waals surface area contributed by atoms with Crippen molar-refractivity contribution in [3.05, 3.63) is 57.9 Å². The Labute approximate surface area is 171 Å². The van der Waals surface area contributed by atoms with Crippen molar-refractivity contribution in [1.29, 1.82) is 0 Å². The van der Waals surface area contributed by atoms with Crippen LogP contribution in [0, 0.1) is 6.92 Å². The fourth-order valence-electron chi connectivity index (χ4n) is 2.22. The van der Waals surface area contributed by atoms with E-state index in [1.54, 1.807) is 48.9 Å². The Bertz CT molecular complexity index is 687. The van der Waals surface area contributed by atoms with Crippen LogP contribution in [0.2, 0.25) is 5.02 Å². The van der Waals surface area contributed by atoms with Crippen molar-refractivity contribution in [2.45, 2.75) is 13.3 Å². The number of benzene rings is 1. The summed E-state index contributed by atoms with van der Waals surface area (Å²) in [6.45, 7) is 1.80. The largest absolute Gasteiger partial charge is 2.00 e. The maximum atomic E-state index is 12.5. The average molecular weight is 431 g/mol. The van der Waals surface area contributed by atoms with Gasteiger partial charge in [0.25, 0.3) is 0 Å². The number of carboxylic acid groups (broad SMARTS) is 1. The molecular formula is C15H16BaClNO3. The molecule has 108 valence electrons. The van der Waals surface area contributed by atoms with Crippen LogP contribution in [0.1, 0.15) is 30.2 Å². The van der Waals surface area contributed by atoms with Gasteiger partial charge in [0.1, 0.15) is 0 Å². The van der Waals surface area contributed by atoms with E-state index in [-0.39, 0.29) is 63.9 Å². The predicted molar refractivity (Wildman–Crippen MR) is 84.4 cm³/mol. The predicted octanol–water partition coefficient (Wildman–Crippen LogP) is 2.69. The Morgan fingerprint density at radius 3 is 2.38 bits per heavy atom. The van der Waals surface area contributed by atoms with E-state index in [1.807, 2.05) is 0 Å². The molecule has 0 amide bonds. The fraction of sp³-hybridized carbons (Fsp3) is 0.200. The van der Waals surface area contributed by atoms with Crippen LogP contribution in [0.25, 0.3) is 0 Å². The number of aryl methyl sites for hydroxylation is 1. The molecule has 0 atom stereocenters. The molecule has 2 rings (SSSR count). The Kier molecular flexibility index (Phi) is 6.78. The van der Waals surface area contributed by atoms with Gasteiger partial charge in [-0.1, -0.05) is 11.6 Å². The maximum absolute atomic E-state index is 12.5. The Morgan fingerprint density at radius 2 is 1.86 bits per heavy atom. The number of aliphatic carboxylic acids is 1. The molecule has 0 radical (unpaired) electrons. The first kappa shape index (κ1) is 18.6. The molecule has 0 aliphatic rings. The molecule has 2 aromatic rings. The standard InChI is InChI=1S/C15H14ClNO3.Ba.2H/c1-9-7-12(8-13(18)19)17(2)14(9)15(20)10-3-5-11(16)6-4-10;;;/h3-7H,8H2,1-2H3,(H,18,19);;;/q;+2;2*-1. The first-order valence-electron chi connectivity index (χ1n) is 6.07. The van der Waals surface area contributed by atoms with Crippen LogP contribution in [-0.2, 0) is 18.3 Å². The van der Waals surface area contributed by atoms with Gasteiger partial charge in [-0.15, -0.1) is 0 Å². The van der Waals surface area contributed by atoms with Crippen LogP contribution in [0.4, 0.5) is 0 Å². The summed E-state index contributed by atoms with van der Waals surface area (Å²) in [5.74, 6) is -1.06. The van der Waals surface area contributed by atoms with E-state index >= 15 is 0 Å². The molecule has 1 N–H and O–H groups in total. The van der Waals surface area contributed by atoms with Gasteiger partial charge < -0.3 is 12.5 Å². The molecule has 1 heterocycles. The maximum Gasteiger partial charge on any atom is 2.00 e. The number of hydrogen-bond acceptors (Lipinski definition) is 2. The van der Waals surface area contributed by atoms with Gasteiger partial charge in [0, 0.05) is 23.3 Å². The van der Waals surface area contributed by atoms with Crippen molar-refractivity contribution in [2.24, 2.45) is 7.05 Å². The van der Waals surface area contributed by atoms with Crippen molar-refractivity contribution in [3.63, 3.8) is 0 Å². The molecule has 21 heavy (non-hydrogen) atoms. The molecule has 0 saturated carbocycles. The number of carboxylic acids is 1. The molecule has 0 fully saturated rings. The van der Waals surface area contributed by atoms with Gasteiger partial charge in [-0.2, -0.15) is 0 Å². The fourth-order valence-corrected chi connectivity index (χ4v) is 2.34. The van der Waals surface area contributed by atoms with Crippen molar-refractivity contribution in [1.82, 2.24) is 4.57 Å². The van der Waals surface area contributed by atoms with E-state index in [1.165, 1.54) is 0 Å². The second-order valence-corrected chi connectivity index (χ2v) is 5.07. The number of carbonyl (C=O) groups is 2. The number of carbonyl (C=O) groups excluding carboxylic acids is 1. The minimum atomic E-state index is -0.920. The molecule has 6 heteroatoms. The van der Waals surface area contributed by atoms with E-state index < -0.39 is 5.97 Å². The third kappa shape index (κ3) is 4.25. The second kappa shape index (κ2) is 7.67. The van der Waals surface area contributed by atoms with Gasteiger partial charge in [-0.25, -0.2) is 0 Å². The van der Waals surface area contributed by atoms with E-state index in [4.69, 9.17) is 16.7 Å². The minimum Gasteiger partial charge on any atom is -1.00 e. The molecule has 1 aromatic heterocycles. The molecule has 0 aliphatic heterocycles. The quantitative estimate of drug-likeness (QED) is 0.599. The first-order valence-corrected chi connectivity index (χ1v) is 6.45. The minimum absolute atomic E-state index is 0. The van der Waals surface area contributed by atoms with Gasteiger partial charge in [-0.3, -0.25) is 9.59 Å². The van der Waals surface area contributed by atoms with Gasteiger partial charge >= 0.3 is 54.9 Å². The normalized spacial score (nSPS) is 10.0. The number of halogens is 1. The number of ketones is 1. The van der Waals surface area contributed by atoms with Gasteiger partial charge in [0.05, 0.1) is 12.1 Å². The van der Waals surface area contributed by atoms with Gasteiger partial charge in [0.2, 0.25) is 5.78 Å². The summed E-state index contributed by atoms with van der Waals surface area (Å²) in [5, 5.41) is 9.43. The molecule has 0 bridgehead atoms. The summed E-state index contributed by atoms with van der Waals surface area (Å²) in [4.78, 5) is 23.3. The summed E-state index contributed by atoms with van der Waals surface area (Å²) in [6, 6.07) is 8.37. The van der Waals surface area contributed by atoms with E-state index in [2.05, 4.69) is 0 Å². The summed E-state index contributed by atoms with van der Waals surface area (Å²) < 4.78 is 1.64.